The molecule has 1 amide bonds. The molecular formula is C77H145NO3. The van der Waals surface area contributed by atoms with Crippen molar-refractivity contribution in [1.82, 2.24) is 5.32 Å². The number of allylic oxidation sites excluding steroid dienone is 9. The number of unbranched alkanes of at least 4 members (excludes halogenated alkanes) is 54. The second kappa shape index (κ2) is 72.3. The standard InChI is InChI=1S/C77H145NO3/c1-3-5-7-9-11-13-15-17-19-21-23-25-27-29-31-33-35-37-38-39-40-41-43-45-47-49-51-53-55-57-59-61-63-65-67-69-71-73-77(81)78-75(74-79)76(80)72-70-68-66-64-62-60-58-56-54-52-50-48-46-44-42-36-34-32-30-28-26-24-22-20-18-16-14-12-10-8-6-4-2/h5,7,11,13,17,19,23,25,70,72,75-76,79-80H,3-4,6,8-10,12,14-16,18,20-22,24,26-69,71,73-74H2,1-2H3,(H,78,81)/b7-5-,13-11-,19-17-,25-23-,72-70+. The van der Waals surface area contributed by atoms with Gasteiger partial charge in [-0.05, 0) is 57.8 Å². The van der Waals surface area contributed by atoms with Crippen LogP contribution >= 0.6 is 0 Å². The first-order chi connectivity index (χ1) is 40.2. The zero-order chi connectivity index (χ0) is 58.4. The van der Waals surface area contributed by atoms with Crippen LogP contribution in [0.4, 0.5) is 0 Å². The molecule has 0 aromatic rings. The van der Waals surface area contributed by atoms with Crippen LogP contribution in [-0.2, 0) is 4.79 Å². The van der Waals surface area contributed by atoms with Crippen molar-refractivity contribution in [2.24, 2.45) is 0 Å². The smallest absolute Gasteiger partial charge is 0.220 e. The zero-order valence-corrected chi connectivity index (χ0v) is 55.1. The summed E-state index contributed by atoms with van der Waals surface area (Å²) in [6, 6.07) is -0.624. The lowest BCUT2D eigenvalue weighted by Gasteiger charge is -2.20. The molecule has 0 saturated carbocycles. The average molecular weight is 1130 g/mol. The van der Waals surface area contributed by atoms with Crippen LogP contribution in [0.3, 0.4) is 0 Å². The molecule has 2 atom stereocenters. The molecule has 0 fully saturated rings. The second-order valence-electron chi connectivity index (χ2n) is 25.3. The highest BCUT2D eigenvalue weighted by atomic mass is 16.3. The SMILES string of the molecule is CC/C=C\C/C=C\C/C=C\C/C=C\CCCCCCCCCCCCCCCCCCCCCCCCCCC(=O)NC(CO)C(O)/C=C/CCCCCCCCCCCCCCCCCCCCCCCCCCCCCCCC. The molecule has 476 valence electrons. The summed E-state index contributed by atoms with van der Waals surface area (Å²) in [6.45, 7) is 4.24. The summed E-state index contributed by atoms with van der Waals surface area (Å²) in [7, 11) is 0. The highest BCUT2D eigenvalue weighted by Crippen LogP contribution is 2.19. The third kappa shape index (κ3) is 68.8. The molecule has 0 rings (SSSR count). The van der Waals surface area contributed by atoms with E-state index in [2.05, 4.69) is 67.8 Å². The van der Waals surface area contributed by atoms with Crippen molar-refractivity contribution in [3.63, 3.8) is 0 Å². The van der Waals surface area contributed by atoms with E-state index in [0.717, 1.165) is 51.4 Å². The number of aliphatic hydroxyl groups excluding tert-OH is 2. The van der Waals surface area contributed by atoms with Crippen LogP contribution in [-0.4, -0.2) is 34.9 Å². The molecule has 3 N–H and O–H groups in total. The van der Waals surface area contributed by atoms with Crippen LogP contribution < -0.4 is 5.32 Å². The van der Waals surface area contributed by atoms with E-state index in [1.165, 1.54) is 334 Å². The van der Waals surface area contributed by atoms with E-state index in [1.54, 1.807) is 6.08 Å². The van der Waals surface area contributed by atoms with Crippen molar-refractivity contribution in [3.8, 4) is 0 Å². The summed E-state index contributed by atoms with van der Waals surface area (Å²) < 4.78 is 0. The van der Waals surface area contributed by atoms with Gasteiger partial charge in [0.15, 0.2) is 0 Å². The molecular weight excluding hydrogens is 987 g/mol. The second-order valence-corrected chi connectivity index (χ2v) is 25.3. The molecule has 0 spiro atoms. The van der Waals surface area contributed by atoms with Gasteiger partial charge in [-0.15, -0.1) is 0 Å². The Balaban J connectivity index is 3.41. The number of hydrogen-bond acceptors (Lipinski definition) is 3. The fraction of sp³-hybridized carbons (Fsp3) is 0.857. The minimum atomic E-state index is -0.841. The number of nitrogens with one attached hydrogen (secondary N) is 1. The maximum absolute atomic E-state index is 12.6. The van der Waals surface area contributed by atoms with Crippen LogP contribution in [0.5, 0.6) is 0 Å². The Labute approximate surface area is 508 Å². The topological polar surface area (TPSA) is 69.6 Å². The molecule has 0 saturated heterocycles. The molecule has 2 unspecified atom stereocenters. The van der Waals surface area contributed by atoms with E-state index in [-0.39, 0.29) is 12.5 Å². The van der Waals surface area contributed by atoms with Crippen molar-refractivity contribution in [2.45, 2.75) is 418 Å². The largest absolute Gasteiger partial charge is 0.394 e. The lowest BCUT2D eigenvalue weighted by molar-refractivity contribution is -0.123. The first kappa shape index (κ1) is 79.1. The molecule has 0 aliphatic carbocycles. The summed E-state index contributed by atoms with van der Waals surface area (Å²) in [5.74, 6) is -0.0558. The van der Waals surface area contributed by atoms with Crippen LogP contribution in [0.25, 0.3) is 0 Å². The highest BCUT2D eigenvalue weighted by molar-refractivity contribution is 5.76. The van der Waals surface area contributed by atoms with E-state index >= 15 is 0 Å². The van der Waals surface area contributed by atoms with E-state index in [9.17, 15) is 15.0 Å². The van der Waals surface area contributed by atoms with Gasteiger partial charge in [-0.25, -0.2) is 0 Å². The minimum Gasteiger partial charge on any atom is -0.394 e. The van der Waals surface area contributed by atoms with Gasteiger partial charge in [-0.3, -0.25) is 4.79 Å². The molecule has 0 aromatic heterocycles. The third-order valence-electron chi connectivity index (χ3n) is 17.3. The van der Waals surface area contributed by atoms with E-state index in [4.69, 9.17) is 0 Å². The molecule has 0 aliphatic heterocycles. The Morgan fingerprint density at radius 1 is 0.309 bits per heavy atom. The molecule has 0 aliphatic rings. The monoisotopic (exact) mass is 1130 g/mol. The van der Waals surface area contributed by atoms with Gasteiger partial charge in [-0.2, -0.15) is 0 Å². The first-order valence-electron chi connectivity index (χ1n) is 37.0. The molecule has 0 aromatic carbocycles. The Hall–Kier alpha value is -1.91. The Morgan fingerprint density at radius 3 is 0.815 bits per heavy atom. The number of amides is 1. The minimum absolute atomic E-state index is 0.0558. The van der Waals surface area contributed by atoms with Crippen LogP contribution in [0, 0.1) is 0 Å². The molecule has 4 nitrogen and oxygen atoms in total. The van der Waals surface area contributed by atoms with Gasteiger partial charge >= 0.3 is 0 Å². The van der Waals surface area contributed by atoms with Gasteiger partial charge in [0, 0.05) is 6.42 Å². The molecule has 0 heterocycles. The van der Waals surface area contributed by atoms with Crippen LogP contribution in [0.2, 0.25) is 0 Å². The normalized spacial score (nSPS) is 13.0. The highest BCUT2D eigenvalue weighted by Gasteiger charge is 2.18. The number of carbonyl (C=O) groups excluding carboxylic acids is 1. The number of carbonyl (C=O) groups is 1. The first-order valence-corrected chi connectivity index (χ1v) is 37.0. The molecule has 0 bridgehead atoms. The summed E-state index contributed by atoms with van der Waals surface area (Å²) in [5, 5.41) is 23.3. The van der Waals surface area contributed by atoms with E-state index < -0.39 is 12.1 Å². The van der Waals surface area contributed by atoms with Gasteiger partial charge in [0.2, 0.25) is 5.91 Å². The Morgan fingerprint density at radius 2 is 0.543 bits per heavy atom. The summed E-state index contributed by atoms with van der Waals surface area (Å²) in [4.78, 5) is 12.6. The lowest BCUT2D eigenvalue weighted by atomic mass is 10.0. The summed E-state index contributed by atoms with van der Waals surface area (Å²) in [5.41, 5.74) is 0. The number of rotatable bonds is 69. The van der Waals surface area contributed by atoms with Crippen molar-refractivity contribution < 1.29 is 15.0 Å². The predicted octanol–water partition coefficient (Wildman–Crippen LogP) is 25.4. The van der Waals surface area contributed by atoms with Gasteiger partial charge < -0.3 is 15.5 Å². The molecule has 81 heavy (non-hydrogen) atoms. The van der Waals surface area contributed by atoms with E-state index in [0.29, 0.717) is 6.42 Å². The quantitative estimate of drug-likeness (QED) is 0.0420. The van der Waals surface area contributed by atoms with Gasteiger partial charge in [0.05, 0.1) is 18.8 Å². The molecule has 0 radical (unpaired) electrons. The van der Waals surface area contributed by atoms with Gasteiger partial charge in [0.1, 0.15) is 0 Å². The van der Waals surface area contributed by atoms with Crippen molar-refractivity contribution >= 4 is 5.91 Å². The summed E-state index contributed by atoms with van der Waals surface area (Å²) in [6.07, 6.45) is 103. The van der Waals surface area contributed by atoms with Crippen LogP contribution in [0.15, 0.2) is 60.8 Å². The Kier molecular flexibility index (Phi) is 70.6. The number of hydrogen-bond donors (Lipinski definition) is 3. The van der Waals surface area contributed by atoms with Gasteiger partial charge in [-0.1, -0.05) is 402 Å². The molecule has 4 heteroatoms. The fourth-order valence-electron chi connectivity index (χ4n) is 11.7. The lowest BCUT2D eigenvalue weighted by Crippen LogP contribution is -2.45. The average Bonchev–Trinajstić information content (AvgIpc) is 3.47. The van der Waals surface area contributed by atoms with Gasteiger partial charge in [0.25, 0.3) is 0 Å². The Bertz CT molecular complexity index is 1330. The van der Waals surface area contributed by atoms with Crippen molar-refractivity contribution in [2.75, 3.05) is 6.61 Å². The summed E-state index contributed by atoms with van der Waals surface area (Å²) >= 11 is 0. The number of aliphatic hydroxyl groups is 2. The van der Waals surface area contributed by atoms with E-state index in [1.807, 2.05) is 6.08 Å². The van der Waals surface area contributed by atoms with Crippen molar-refractivity contribution in [1.29, 1.82) is 0 Å². The maximum Gasteiger partial charge on any atom is 0.220 e. The maximum atomic E-state index is 12.6. The fourth-order valence-corrected chi connectivity index (χ4v) is 11.7. The third-order valence-corrected chi connectivity index (χ3v) is 17.3. The zero-order valence-electron chi connectivity index (χ0n) is 55.1. The predicted molar refractivity (Wildman–Crippen MR) is 364 cm³/mol. The van der Waals surface area contributed by atoms with Crippen molar-refractivity contribution in [3.05, 3.63) is 60.8 Å². The van der Waals surface area contributed by atoms with Crippen LogP contribution in [0.1, 0.15) is 406 Å².